The van der Waals surface area contributed by atoms with Crippen LogP contribution in [0.2, 0.25) is 10.0 Å². The Bertz CT molecular complexity index is 1620. The van der Waals surface area contributed by atoms with E-state index >= 15 is 0 Å². The molecule has 1 unspecified atom stereocenters. The lowest BCUT2D eigenvalue weighted by Crippen LogP contribution is -2.51. The lowest BCUT2D eigenvalue weighted by molar-refractivity contribution is -0.131. The third kappa shape index (κ3) is 8.65. The van der Waals surface area contributed by atoms with Crippen molar-refractivity contribution in [1.82, 2.24) is 20.0 Å². The molecule has 3 aromatic carbocycles. The van der Waals surface area contributed by atoms with E-state index in [0.29, 0.717) is 40.3 Å². The standard InChI is InChI=1S/C32H31BrCl2N6OS/c1-21(2)14-15-38-41(32(43)39-28-9-4-3-7-26(28)33)31(42)25(16-24-6-5-8-27(34)30(24)35)29-18-37-20-40(29)19-23-12-10-22(17-36)11-13-23/h3-13,18,20-21,25,38H,14-16,19H2,1-2H3,(H,39,43). The summed E-state index contributed by atoms with van der Waals surface area (Å²) in [5.74, 6) is -0.572. The van der Waals surface area contributed by atoms with Crippen molar-refractivity contribution in [2.75, 3.05) is 11.9 Å². The van der Waals surface area contributed by atoms with Gasteiger partial charge in [0.1, 0.15) is 0 Å². The van der Waals surface area contributed by atoms with Crippen molar-refractivity contribution in [1.29, 1.82) is 5.26 Å². The van der Waals surface area contributed by atoms with Crippen LogP contribution < -0.4 is 10.7 Å². The van der Waals surface area contributed by atoms with Gasteiger partial charge in [0.25, 0.3) is 5.91 Å². The highest BCUT2D eigenvalue weighted by molar-refractivity contribution is 9.10. The largest absolute Gasteiger partial charge is 0.330 e. The summed E-state index contributed by atoms with van der Waals surface area (Å²) in [7, 11) is 0. The number of nitriles is 1. The summed E-state index contributed by atoms with van der Waals surface area (Å²) in [4.78, 5) is 19.0. The zero-order chi connectivity index (χ0) is 30.9. The van der Waals surface area contributed by atoms with Gasteiger partial charge in [-0.3, -0.25) is 4.79 Å². The number of anilines is 1. The summed E-state index contributed by atoms with van der Waals surface area (Å²) in [6.45, 7) is 5.24. The van der Waals surface area contributed by atoms with E-state index in [2.05, 4.69) is 51.6 Å². The van der Waals surface area contributed by atoms with Crippen LogP contribution in [0.1, 0.15) is 48.6 Å². The second kappa shape index (κ2) is 15.5. The number of hydrogen-bond donors (Lipinski definition) is 2. The van der Waals surface area contributed by atoms with Crippen LogP contribution in [0.3, 0.4) is 0 Å². The van der Waals surface area contributed by atoms with E-state index in [1.54, 1.807) is 30.7 Å². The van der Waals surface area contributed by atoms with E-state index in [9.17, 15) is 10.1 Å². The molecule has 0 saturated heterocycles. The summed E-state index contributed by atoms with van der Waals surface area (Å²) in [5, 5.41) is 14.8. The minimum absolute atomic E-state index is 0.209. The highest BCUT2D eigenvalue weighted by Gasteiger charge is 2.32. The van der Waals surface area contributed by atoms with Crippen LogP contribution in [-0.2, 0) is 17.8 Å². The zero-order valence-corrected chi connectivity index (χ0v) is 27.6. The number of rotatable bonds is 11. The monoisotopic (exact) mass is 696 g/mol. The Morgan fingerprint density at radius 2 is 1.86 bits per heavy atom. The van der Waals surface area contributed by atoms with Crippen LogP contribution in [0.4, 0.5) is 5.69 Å². The number of amides is 1. The molecule has 0 spiro atoms. The molecular weight excluding hydrogens is 667 g/mol. The fourth-order valence-electron chi connectivity index (χ4n) is 4.48. The quantitative estimate of drug-likeness (QED) is 0.122. The molecule has 4 aromatic rings. The summed E-state index contributed by atoms with van der Waals surface area (Å²) in [5.41, 5.74) is 6.95. The number of hydrogen-bond acceptors (Lipinski definition) is 5. The maximum absolute atomic E-state index is 14.6. The average Bonchev–Trinajstić information content (AvgIpc) is 3.44. The predicted molar refractivity (Wildman–Crippen MR) is 180 cm³/mol. The number of nitrogens with one attached hydrogen (secondary N) is 2. The van der Waals surface area contributed by atoms with Gasteiger partial charge in [0.05, 0.1) is 45.3 Å². The maximum Gasteiger partial charge on any atom is 0.252 e. The fraction of sp³-hybridized carbons (Fsp3) is 0.250. The lowest BCUT2D eigenvalue weighted by Gasteiger charge is -2.30. The van der Waals surface area contributed by atoms with E-state index in [4.69, 9.17) is 35.4 Å². The first-order valence-corrected chi connectivity index (χ1v) is 15.7. The minimum atomic E-state index is -0.720. The van der Waals surface area contributed by atoms with Gasteiger partial charge in [-0.05, 0) is 88.4 Å². The third-order valence-corrected chi connectivity index (χ3v) is 8.66. The first-order valence-electron chi connectivity index (χ1n) is 13.7. The van der Waals surface area contributed by atoms with E-state index in [1.165, 1.54) is 5.01 Å². The van der Waals surface area contributed by atoms with Crippen LogP contribution >= 0.6 is 51.3 Å². The van der Waals surface area contributed by atoms with E-state index in [0.717, 1.165) is 27.7 Å². The molecule has 0 aliphatic carbocycles. The van der Waals surface area contributed by atoms with Gasteiger partial charge in [0.2, 0.25) is 0 Å². The molecule has 0 bridgehead atoms. The topological polar surface area (TPSA) is 86.0 Å². The van der Waals surface area contributed by atoms with Crippen LogP contribution in [0.25, 0.3) is 0 Å². The van der Waals surface area contributed by atoms with Gasteiger partial charge in [0, 0.05) is 23.8 Å². The number of benzene rings is 3. The number of imidazole rings is 1. The van der Waals surface area contributed by atoms with E-state index in [1.807, 2.05) is 53.1 Å². The van der Waals surface area contributed by atoms with Crippen LogP contribution in [0, 0.1) is 17.2 Å². The third-order valence-electron chi connectivity index (χ3n) is 6.82. The van der Waals surface area contributed by atoms with Crippen LogP contribution in [0.15, 0.2) is 83.7 Å². The number of nitrogens with zero attached hydrogens (tertiary/aromatic N) is 4. The number of halogens is 3. The highest BCUT2D eigenvalue weighted by atomic mass is 79.9. The molecule has 43 heavy (non-hydrogen) atoms. The van der Waals surface area contributed by atoms with Crippen molar-refractivity contribution in [2.24, 2.45) is 5.92 Å². The molecular formula is C32H31BrCl2N6OS. The second-order valence-corrected chi connectivity index (χ2v) is 12.4. The van der Waals surface area contributed by atoms with Crippen molar-refractivity contribution < 1.29 is 4.79 Å². The van der Waals surface area contributed by atoms with Gasteiger partial charge in [-0.2, -0.15) is 5.26 Å². The predicted octanol–water partition coefficient (Wildman–Crippen LogP) is 7.97. The fourth-order valence-corrected chi connectivity index (χ4v) is 5.53. The number of thiocarbonyl (C=S) groups is 1. The highest BCUT2D eigenvalue weighted by Crippen LogP contribution is 2.32. The summed E-state index contributed by atoms with van der Waals surface area (Å²) >= 11 is 22.3. The molecule has 1 amide bonds. The first-order chi connectivity index (χ1) is 20.7. The Morgan fingerprint density at radius 1 is 1.12 bits per heavy atom. The first kappa shape index (κ1) is 32.6. The molecule has 0 fully saturated rings. The second-order valence-electron chi connectivity index (χ2n) is 10.4. The molecule has 222 valence electrons. The minimum Gasteiger partial charge on any atom is -0.330 e. The summed E-state index contributed by atoms with van der Waals surface area (Å²) in [6.07, 6.45) is 4.49. The number of carbonyl (C=O) groups excluding carboxylic acids is 1. The van der Waals surface area contributed by atoms with Gasteiger partial charge in [-0.15, -0.1) is 0 Å². The number of hydrazine groups is 1. The molecule has 7 nitrogen and oxygen atoms in total. The zero-order valence-electron chi connectivity index (χ0n) is 23.7. The summed E-state index contributed by atoms with van der Waals surface area (Å²) in [6, 6.07) is 22.4. The Hall–Kier alpha value is -3.26. The van der Waals surface area contributed by atoms with Crippen molar-refractivity contribution in [2.45, 2.75) is 39.2 Å². The molecule has 1 heterocycles. The van der Waals surface area contributed by atoms with Crippen molar-refractivity contribution >= 4 is 68.1 Å². The average molecular weight is 699 g/mol. The maximum atomic E-state index is 14.6. The molecule has 0 radical (unpaired) electrons. The molecule has 0 saturated carbocycles. The number of carbonyl (C=O) groups is 1. The van der Waals surface area contributed by atoms with Gasteiger partial charge in [-0.25, -0.2) is 15.4 Å². The van der Waals surface area contributed by atoms with Crippen molar-refractivity contribution in [3.63, 3.8) is 0 Å². The lowest BCUT2D eigenvalue weighted by atomic mass is 9.95. The van der Waals surface area contributed by atoms with Gasteiger partial charge >= 0.3 is 0 Å². The van der Waals surface area contributed by atoms with Crippen molar-refractivity contribution in [3.05, 3.63) is 116 Å². The molecule has 4 rings (SSSR count). The van der Waals surface area contributed by atoms with Crippen LogP contribution in [-0.4, -0.2) is 32.1 Å². The molecule has 2 N–H and O–H groups in total. The molecule has 1 atom stereocenters. The molecule has 11 heteroatoms. The molecule has 1 aromatic heterocycles. The van der Waals surface area contributed by atoms with Gasteiger partial charge < -0.3 is 9.88 Å². The SMILES string of the molecule is CC(C)CCNN(C(=O)C(Cc1cccc(Cl)c1Cl)c1cncn1Cc1ccc(C#N)cc1)C(=S)Nc1ccccc1Br. The summed E-state index contributed by atoms with van der Waals surface area (Å²) < 4.78 is 2.74. The van der Waals surface area contributed by atoms with Gasteiger partial charge in [0.15, 0.2) is 5.11 Å². The Labute approximate surface area is 275 Å². The Kier molecular flexibility index (Phi) is 11.7. The normalized spacial score (nSPS) is 11.7. The molecule has 0 aliphatic heterocycles. The molecule has 0 aliphatic rings. The van der Waals surface area contributed by atoms with Gasteiger partial charge in [-0.1, -0.05) is 73.4 Å². The van der Waals surface area contributed by atoms with E-state index < -0.39 is 5.92 Å². The van der Waals surface area contributed by atoms with Crippen LogP contribution in [0.5, 0.6) is 0 Å². The Balaban J connectivity index is 1.73. The van der Waals surface area contributed by atoms with E-state index in [-0.39, 0.29) is 17.4 Å². The number of para-hydroxylation sites is 1. The number of aromatic nitrogens is 2. The smallest absolute Gasteiger partial charge is 0.252 e. The van der Waals surface area contributed by atoms with Crippen molar-refractivity contribution in [3.8, 4) is 6.07 Å². The Morgan fingerprint density at radius 3 is 2.56 bits per heavy atom.